The predicted molar refractivity (Wildman–Crippen MR) is 74.5 cm³/mol. The Morgan fingerprint density at radius 1 is 1.32 bits per heavy atom. The molecule has 4 nitrogen and oxygen atoms in total. The summed E-state index contributed by atoms with van der Waals surface area (Å²) in [5.74, 6) is 0.891. The Morgan fingerprint density at radius 2 is 2.00 bits per heavy atom. The molecule has 3 atom stereocenters. The molecule has 0 bridgehead atoms. The van der Waals surface area contributed by atoms with Crippen LogP contribution in [0, 0.1) is 17.3 Å². The molecule has 0 spiro atoms. The van der Waals surface area contributed by atoms with Crippen LogP contribution in [0.2, 0.25) is 0 Å². The molecule has 4 heteroatoms. The van der Waals surface area contributed by atoms with E-state index in [-0.39, 0.29) is 17.7 Å². The Hall–Kier alpha value is -1.06. The fraction of sp³-hybridized carbons (Fsp3) is 0.867. The minimum absolute atomic E-state index is 0.0619. The quantitative estimate of drug-likeness (QED) is 0.798. The number of hydrogen-bond acceptors (Lipinski definition) is 2. The molecule has 2 saturated carbocycles. The van der Waals surface area contributed by atoms with Crippen molar-refractivity contribution < 1.29 is 9.59 Å². The first-order chi connectivity index (χ1) is 8.87. The Bertz CT molecular complexity index is 365. The number of nitrogens with one attached hydrogen (secondary N) is 2. The molecular formula is C15H26N2O2. The van der Waals surface area contributed by atoms with Gasteiger partial charge in [0.05, 0.1) is 0 Å². The van der Waals surface area contributed by atoms with E-state index in [0.717, 1.165) is 19.3 Å². The summed E-state index contributed by atoms with van der Waals surface area (Å²) in [7, 11) is 0. The molecular weight excluding hydrogens is 240 g/mol. The van der Waals surface area contributed by atoms with Crippen molar-refractivity contribution in [2.24, 2.45) is 17.3 Å². The van der Waals surface area contributed by atoms with Crippen molar-refractivity contribution in [3.8, 4) is 0 Å². The Balaban J connectivity index is 1.59. The van der Waals surface area contributed by atoms with Gasteiger partial charge in [0.2, 0.25) is 11.8 Å². The van der Waals surface area contributed by atoms with Crippen molar-refractivity contribution >= 4 is 11.8 Å². The second-order valence-electron chi connectivity index (χ2n) is 7.03. The van der Waals surface area contributed by atoms with Gasteiger partial charge in [-0.3, -0.25) is 9.59 Å². The Labute approximate surface area is 115 Å². The van der Waals surface area contributed by atoms with E-state index >= 15 is 0 Å². The van der Waals surface area contributed by atoms with E-state index in [9.17, 15) is 9.59 Å². The van der Waals surface area contributed by atoms with E-state index in [2.05, 4.69) is 31.4 Å². The molecule has 2 aliphatic rings. The molecule has 2 N–H and O–H groups in total. The van der Waals surface area contributed by atoms with E-state index < -0.39 is 0 Å². The van der Waals surface area contributed by atoms with Crippen LogP contribution in [0.3, 0.4) is 0 Å². The average Bonchev–Trinajstić information content (AvgIpc) is 2.93. The maximum absolute atomic E-state index is 11.8. The highest BCUT2D eigenvalue weighted by Crippen LogP contribution is 2.38. The number of rotatable bonds is 5. The molecule has 2 fully saturated rings. The van der Waals surface area contributed by atoms with Crippen molar-refractivity contribution in [3.05, 3.63) is 0 Å². The molecule has 108 valence electrons. The van der Waals surface area contributed by atoms with Crippen LogP contribution in [0.15, 0.2) is 0 Å². The van der Waals surface area contributed by atoms with E-state index in [4.69, 9.17) is 0 Å². The predicted octanol–water partition coefficient (Wildman–Crippen LogP) is 1.84. The van der Waals surface area contributed by atoms with E-state index in [1.807, 2.05) is 0 Å². The summed E-state index contributed by atoms with van der Waals surface area (Å²) in [4.78, 5) is 23.4. The monoisotopic (exact) mass is 266 g/mol. The highest BCUT2D eigenvalue weighted by Gasteiger charge is 2.38. The zero-order chi connectivity index (χ0) is 14.0. The van der Waals surface area contributed by atoms with E-state index in [0.29, 0.717) is 30.3 Å². The first-order valence-electron chi connectivity index (χ1n) is 7.44. The molecule has 0 heterocycles. The lowest BCUT2D eigenvalue weighted by Gasteiger charge is -2.17. The van der Waals surface area contributed by atoms with Crippen LogP contribution in [-0.4, -0.2) is 24.4 Å². The van der Waals surface area contributed by atoms with Crippen molar-refractivity contribution in [1.82, 2.24) is 10.6 Å². The van der Waals surface area contributed by atoms with Crippen molar-refractivity contribution in [3.63, 3.8) is 0 Å². The topological polar surface area (TPSA) is 58.2 Å². The highest BCUT2D eigenvalue weighted by atomic mass is 16.2. The van der Waals surface area contributed by atoms with Crippen molar-refractivity contribution in [2.75, 3.05) is 6.54 Å². The van der Waals surface area contributed by atoms with Gasteiger partial charge in [-0.25, -0.2) is 0 Å². The van der Waals surface area contributed by atoms with Gasteiger partial charge in [0, 0.05) is 24.9 Å². The normalized spacial score (nSPS) is 31.8. The van der Waals surface area contributed by atoms with Gasteiger partial charge >= 0.3 is 0 Å². The minimum atomic E-state index is 0.0619. The van der Waals surface area contributed by atoms with Crippen LogP contribution in [0.1, 0.15) is 52.9 Å². The highest BCUT2D eigenvalue weighted by molar-refractivity contribution is 5.82. The maximum Gasteiger partial charge on any atom is 0.223 e. The van der Waals surface area contributed by atoms with Crippen LogP contribution in [-0.2, 0) is 9.59 Å². The van der Waals surface area contributed by atoms with Gasteiger partial charge in [0.1, 0.15) is 0 Å². The molecule has 0 aromatic rings. The summed E-state index contributed by atoms with van der Waals surface area (Å²) in [6.07, 6.45) is 4.70. The Kier molecular flexibility index (Phi) is 4.16. The van der Waals surface area contributed by atoms with Crippen molar-refractivity contribution in [1.29, 1.82) is 0 Å². The third-order valence-corrected chi connectivity index (χ3v) is 4.43. The van der Waals surface area contributed by atoms with Crippen LogP contribution in [0.25, 0.3) is 0 Å². The number of amides is 2. The van der Waals surface area contributed by atoms with Gasteiger partial charge < -0.3 is 10.6 Å². The lowest BCUT2D eigenvalue weighted by atomic mass is 9.92. The summed E-state index contributed by atoms with van der Waals surface area (Å²) in [6.45, 7) is 7.04. The number of carbonyl (C=O) groups excluding carboxylic acids is 2. The summed E-state index contributed by atoms with van der Waals surface area (Å²) in [5.41, 5.74) is 0.355. The summed E-state index contributed by atoms with van der Waals surface area (Å²) in [6, 6.07) is 0.321. The summed E-state index contributed by atoms with van der Waals surface area (Å²) >= 11 is 0. The Morgan fingerprint density at radius 3 is 2.53 bits per heavy atom. The summed E-state index contributed by atoms with van der Waals surface area (Å²) in [5, 5.41) is 5.92. The van der Waals surface area contributed by atoms with Crippen LogP contribution >= 0.6 is 0 Å². The van der Waals surface area contributed by atoms with Crippen LogP contribution < -0.4 is 10.6 Å². The van der Waals surface area contributed by atoms with Gasteiger partial charge in [-0.15, -0.1) is 0 Å². The third-order valence-electron chi connectivity index (χ3n) is 4.43. The molecule has 0 radical (unpaired) electrons. The molecule has 3 unspecified atom stereocenters. The van der Waals surface area contributed by atoms with E-state index in [1.165, 1.54) is 6.42 Å². The van der Waals surface area contributed by atoms with Gasteiger partial charge in [0.15, 0.2) is 0 Å². The molecule has 0 aromatic carbocycles. The molecule has 2 amide bonds. The summed E-state index contributed by atoms with van der Waals surface area (Å²) < 4.78 is 0. The molecule has 0 aromatic heterocycles. The maximum atomic E-state index is 11.8. The van der Waals surface area contributed by atoms with Crippen LogP contribution in [0.4, 0.5) is 0 Å². The standard InChI is InChI=1S/C15H26N2O2/c1-10-8-12(10)14(19)16-7-5-13(18)17-11-4-6-15(2,3)9-11/h10-12H,4-9H2,1-3H3,(H,16,19)(H,17,18). The zero-order valence-electron chi connectivity index (χ0n) is 12.3. The second-order valence-corrected chi connectivity index (χ2v) is 7.03. The lowest BCUT2D eigenvalue weighted by molar-refractivity contribution is -0.123. The first-order valence-corrected chi connectivity index (χ1v) is 7.44. The fourth-order valence-electron chi connectivity index (χ4n) is 2.98. The van der Waals surface area contributed by atoms with Crippen LogP contribution in [0.5, 0.6) is 0 Å². The first kappa shape index (κ1) is 14.4. The minimum Gasteiger partial charge on any atom is -0.355 e. The molecule has 2 aliphatic carbocycles. The molecule has 2 rings (SSSR count). The lowest BCUT2D eigenvalue weighted by Crippen LogP contribution is -2.36. The van der Waals surface area contributed by atoms with E-state index in [1.54, 1.807) is 0 Å². The zero-order valence-corrected chi connectivity index (χ0v) is 12.3. The average molecular weight is 266 g/mol. The smallest absolute Gasteiger partial charge is 0.223 e. The molecule has 19 heavy (non-hydrogen) atoms. The number of hydrogen-bond donors (Lipinski definition) is 2. The third kappa shape index (κ3) is 4.22. The molecule has 0 saturated heterocycles. The number of carbonyl (C=O) groups is 2. The van der Waals surface area contributed by atoms with Gasteiger partial charge in [-0.05, 0) is 37.0 Å². The van der Waals surface area contributed by atoms with Gasteiger partial charge in [0.25, 0.3) is 0 Å². The second kappa shape index (κ2) is 5.51. The molecule has 0 aliphatic heterocycles. The van der Waals surface area contributed by atoms with Gasteiger partial charge in [-0.1, -0.05) is 20.8 Å². The van der Waals surface area contributed by atoms with Crippen molar-refractivity contribution in [2.45, 2.75) is 58.9 Å². The SMILES string of the molecule is CC1CC1C(=O)NCCC(=O)NC1CCC(C)(C)C1. The fourth-order valence-corrected chi connectivity index (χ4v) is 2.98. The largest absolute Gasteiger partial charge is 0.355 e. The van der Waals surface area contributed by atoms with Gasteiger partial charge in [-0.2, -0.15) is 0 Å².